The van der Waals surface area contributed by atoms with Gasteiger partial charge in [-0.15, -0.1) is 0 Å². The second kappa shape index (κ2) is 7.46. The predicted molar refractivity (Wildman–Crippen MR) is 73.4 cm³/mol. The van der Waals surface area contributed by atoms with Crippen LogP contribution >= 0.6 is 0 Å². The molecule has 0 bridgehead atoms. The number of β-amino-alcohol motifs (C(OH)–C–C–N with tert-alkyl or cyclic N) is 1. The third kappa shape index (κ3) is 3.68. The molecule has 1 amide bonds. The highest BCUT2D eigenvalue weighted by atomic mass is 16.3. The SMILES string of the molecule is CCC(C#N)(CC)C(=O)N1CCCN(CCO)CC1. The number of carbonyl (C=O) groups excluding carboxylic acids is 1. The summed E-state index contributed by atoms with van der Waals surface area (Å²) < 4.78 is 0. The van der Waals surface area contributed by atoms with Crippen LogP contribution in [-0.4, -0.2) is 60.1 Å². The number of hydrogen-bond donors (Lipinski definition) is 1. The van der Waals surface area contributed by atoms with Crippen LogP contribution in [0, 0.1) is 16.7 Å². The van der Waals surface area contributed by atoms with Gasteiger partial charge in [-0.05, 0) is 25.8 Å². The molecule has 0 radical (unpaired) electrons. The zero-order chi connectivity index (χ0) is 14.3. The van der Waals surface area contributed by atoms with Gasteiger partial charge in [-0.25, -0.2) is 0 Å². The summed E-state index contributed by atoms with van der Waals surface area (Å²) in [6.07, 6.45) is 2.03. The minimum Gasteiger partial charge on any atom is -0.395 e. The number of nitriles is 1. The molecule has 0 atom stereocenters. The first-order chi connectivity index (χ1) is 9.13. The zero-order valence-electron chi connectivity index (χ0n) is 12.1. The lowest BCUT2D eigenvalue weighted by Gasteiger charge is -2.30. The summed E-state index contributed by atoms with van der Waals surface area (Å²) in [5, 5.41) is 18.3. The Morgan fingerprint density at radius 1 is 1.26 bits per heavy atom. The molecule has 1 aliphatic heterocycles. The summed E-state index contributed by atoms with van der Waals surface area (Å²) in [6.45, 7) is 7.67. The van der Waals surface area contributed by atoms with E-state index < -0.39 is 5.41 Å². The molecule has 0 saturated carbocycles. The summed E-state index contributed by atoms with van der Waals surface area (Å²) in [5.74, 6) is -0.0224. The second-order valence-electron chi connectivity index (χ2n) is 5.11. The molecular formula is C14H25N3O2. The highest BCUT2D eigenvalue weighted by Crippen LogP contribution is 2.28. The first-order valence-electron chi connectivity index (χ1n) is 7.17. The van der Waals surface area contributed by atoms with Crippen molar-refractivity contribution in [1.29, 1.82) is 5.26 Å². The maximum atomic E-state index is 12.6. The first-order valence-corrected chi connectivity index (χ1v) is 7.17. The Morgan fingerprint density at radius 2 is 1.95 bits per heavy atom. The maximum absolute atomic E-state index is 12.6. The summed E-state index contributed by atoms with van der Waals surface area (Å²) in [6, 6.07) is 2.22. The topological polar surface area (TPSA) is 67.6 Å². The van der Waals surface area contributed by atoms with Crippen molar-refractivity contribution < 1.29 is 9.90 Å². The number of amides is 1. The lowest BCUT2D eigenvalue weighted by molar-refractivity contribution is -0.139. The van der Waals surface area contributed by atoms with Crippen molar-refractivity contribution in [2.75, 3.05) is 39.3 Å². The molecule has 1 N–H and O–H groups in total. The molecule has 5 nitrogen and oxygen atoms in total. The number of aliphatic hydroxyl groups excluding tert-OH is 1. The molecule has 19 heavy (non-hydrogen) atoms. The molecule has 0 spiro atoms. The lowest BCUT2D eigenvalue weighted by atomic mass is 9.82. The number of hydrogen-bond acceptors (Lipinski definition) is 4. The van der Waals surface area contributed by atoms with E-state index in [4.69, 9.17) is 5.11 Å². The summed E-state index contributed by atoms with van der Waals surface area (Å²) >= 11 is 0. The van der Waals surface area contributed by atoms with E-state index in [0.29, 0.717) is 32.5 Å². The molecule has 0 aromatic carbocycles. The van der Waals surface area contributed by atoms with E-state index >= 15 is 0 Å². The Morgan fingerprint density at radius 3 is 2.47 bits per heavy atom. The molecule has 5 heteroatoms. The number of carbonyl (C=O) groups is 1. The minimum atomic E-state index is -0.855. The normalized spacial score (nSPS) is 17.9. The molecule has 1 saturated heterocycles. The van der Waals surface area contributed by atoms with Crippen LogP contribution in [0.4, 0.5) is 0 Å². The molecule has 1 rings (SSSR count). The van der Waals surface area contributed by atoms with Gasteiger partial charge in [0.15, 0.2) is 0 Å². The molecule has 1 fully saturated rings. The van der Waals surface area contributed by atoms with E-state index in [-0.39, 0.29) is 12.5 Å². The van der Waals surface area contributed by atoms with Crippen molar-refractivity contribution in [3.8, 4) is 6.07 Å². The Hall–Kier alpha value is -1.12. The van der Waals surface area contributed by atoms with Crippen LogP contribution in [0.1, 0.15) is 33.1 Å². The van der Waals surface area contributed by atoms with Crippen molar-refractivity contribution in [2.45, 2.75) is 33.1 Å². The second-order valence-corrected chi connectivity index (χ2v) is 5.11. The van der Waals surface area contributed by atoms with Crippen LogP contribution < -0.4 is 0 Å². The Labute approximate surface area is 115 Å². The van der Waals surface area contributed by atoms with Gasteiger partial charge in [0.1, 0.15) is 5.41 Å². The van der Waals surface area contributed by atoms with E-state index in [1.165, 1.54) is 0 Å². The fraction of sp³-hybridized carbons (Fsp3) is 0.857. The monoisotopic (exact) mass is 267 g/mol. The van der Waals surface area contributed by atoms with E-state index in [1.54, 1.807) is 0 Å². The zero-order valence-corrected chi connectivity index (χ0v) is 12.1. The van der Waals surface area contributed by atoms with Gasteiger partial charge in [0.25, 0.3) is 0 Å². The van der Waals surface area contributed by atoms with Crippen LogP contribution in [0.5, 0.6) is 0 Å². The number of rotatable bonds is 5. The lowest BCUT2D eigenvalue weighted by Crippen LogP contribution is -2.44. The van der Waals surface area contributed by atoms with Crippen molar-refractivity contribution in [3.63, 3.8) is 0 Å². The smallest absolute Gasteiger partial charge is 0.243 e. The van der Waals surface area contributed by atoms with Crippen LogP contribution in [0.25, 0.3) is 0 Å². The Bertz CT molecular complexity index is 334. The fourth-order valence-electron chi connectivity index (χ4n) is 2.60. The molecule has 1 heterocycles. The number of aliphatic hydroxyl groups is 1. The quantitative estimate of drug-likeness (QED) is 0.801. The highest BCUT2D eigenvalue weighted by molar-refractivity contribution is 5.85. The highest BCUT2D eigenvalue weighted by Gasteiger charge is 2.38. The van der Waals surface area contributed by atoms with Gasteiger partial charge in [0.05, 0.1) is 12.7 Å². The van der Waals surface area contributed by atoms with Gasteiger partial charge in [-0.1, -0.05) is 13.8 Å². The maximum Gasteiger partial charge on any atom is 0.243 e. The molecule has 0 aromatic rings. The first kappa shape index (κ1) is 15.9. The molecule has 0 unspecified atom stereocenters. The molecule has 0 aromatic heterocycles. The van der Waals surface area contributed by atoms with Crippen LogP contribution in [0.3, 0.4) is 0 Å². The van der Waals surface area contributed by atoms with Crippen LogP contribution in [0.15, 0.2) is 0 Å². The summed E-state index contributed by atoms with van der Waals surface area (Å²) in [5.41, 5.74) is -0.855. The third-order valence-electron chi connectivity index (χ3n) is 4.12. The predicted octanol–water partition coefficient (Wildman–Crippen LogP) is 0.843. The Balaban J connectivity index is 2.70. The van der Waals surface area contributed by atoms with Gasteiger partial charge < -0.3 is 10.0 Å². The molecule has 0 aliphatic carbocycles. The molecule has 108 valence electrons. The van der Waals surface area contributed by atoms with Crippen molar-refractivity contribution in [1.82, 2.24) is 9.80 Å². The van der Waals surface area contributed by atoms with Crippen LogP contribution in [0.2, 0.25) is 0 Å². The average molecular weight is 267 g/mol. The van der Waals surface area contributed by atoms with Crippen LogP contribution in [-0.2, 0) is 4.79 Å². The van der Waals surface area contributed by atoms with Gasteiger partial charge in [0, 0.05) is 26.2 Å². The van der Waals surface area contributed by atoms with Crippen molar-refractivity contribution in [3.05, 3.63) is 0 Å². The van der Waals surface area contributed by atoms with E-state index in [1.807, 2.05) is 18.7 Å². The largest absolute Gasteiger partial charge is 0.395 e. The molecular weight excluding hydrogens is 242 g/mol. The summed E-state index contributed by atoms with van der Waals surface area (Å²) in [7, 11) is 0. The van der Waals surface area contributed by atoms with Gasteiger partial charge >= 0.3 is 0 Å². The van der Waals surface area contributed by atoms with E-state index in [2.05, 4.69) is 11.0 Å². The molecule has 1 aliphatic rings. The fourth-order valence-corrected chi connectivity index (χ4v) is 2.60. The van der Waals surface area contributed by atoms with Crippen molar-refractivity contribution >= 4 is 5.91 Å². The average Bonchev–Trinajstić information content (AvgIpc) is 2.67. The van der Waals surface area contributed by atoms with Crippen molar-refractivity contribution in [2.24, 2.45) is 5.41 Å². The minimum absolute atomic E-state index is 0.0224. The standard InChI is InChI=1S/C14H25N3O2/c1-3-14(4-2,12-15)13(19)17-7-5-6-16(8-9-17)10-11-18/h18H,3-11H2,1-2H3. The van der Waals surface area contributed by atoms with E-state index in [0.717, 1.165) is 19.5 Å². The Kier molecular flexibility index (Phi) is 6.26. The van der Waals surface area contributed by atoms with Gasteiger partial charge in [-0.2, -0.15) is 5.26 Å². The summed E-state index contributed by atoms with van der Waals surface area (Å²) in [4.78, 5) is 16.6. The van der Waals surface area contributed by atoms with Gasteiger partial charge in [0.2, 0.25) is 5.91 Å². The third-order valence-corrected chi connectivity index (χ3v) is 4.12. The van der Waals surface area contributed by atoms with Gasteiger partial charge in [-0.3, -0.25) is 9.69 Å². The van der Waals surface area contributed by atoms with E-state index in [9.17, 15) is 10.1 Å². The number of nitrogens with zero attached hydrogens (tertiary/aromatic N) is 3.